The Balaban J connectivity index is 2.34. The fraction of sp³-hybridized carbons (Fsp3) is 0.538. The maximum atomic E-state index is 11.3. The van der Waals surface area contributed by atoms with E-state index in [0.717, 1.165) is 31.7 Å². The number of aliphatic hydroxyl groups excluding tert-OH is 1. The van der Waals surface area contributed by atoms with Crippen LogP contribution in [0.3, 0.4) is 0 Å². The zero-order valence-corrected chi connectivity index (χ0v) is 13.5. The molecule has 9 heteroatoms. The first-order valence-corrected chi connectivity index (χ1v) is 9.53. The lowest BCUT2D eigenvalue weighted by atomic mass is 10.0. The van der Waals surface area contributed by atoms with Crippen molar-refractivity contribution in [3.8, 4) is 0 Å². The first kappa shape index (κ1) is 17.4. The number of hydrogen-bond acceptors (Lipinski definition) is 5. The Morgan fingerprint density at radius 2 is 1.91 bits per heavy atom. The molecule has 0 spiro atoms. The molecule has 1 atom stereocenters. The van der Waals surface area contributed by atoms with Gasteiger partial charge in [0, 0.05) is 27.8 Å². The summed E-state index contributed by atoms with van der Waals surface area (Å²) in [4.78, 5) is 29.1. The van der Waals surface area contributed by atoms with Crippen LogP contribution >= 0.6 is 19.4 Å². The Hall–Kier alpha value is -0.920. The second-order valence-corrected chi connectivity index (χ2v) is 8.33. The second kappa shape index (κ2) is 7.10. The van der Waals surface area contributed by atoms with E-state index < -0.39 is 18.4 Å². The third-order valence-electron chi connectivity index (χ3n) is 3.65. The van der Waals surface area contributed by atoms with Crippen molar-refractivity contribution >= 4 is 25.0 Å². The van der Waals surface area contributed by atoms with Crippen LogP contribution < -0.4 is 0 Å². The molecule has 122 valence electrons. The van der Waals surface area contributed by atoms with Crippen molar-refractivity contribution in [1.29, 1.82) is 0 Å². The number of nitro benzene ring substituents is 1. The van der Waals surface area contributed by atoms with E-state index in [1.165, 1.54) is 30.3 Å². The average molecular weight is 347 g/mol. The van der Waals surface area contributed by atoms with Gasteiger partial charge in [-0.05, 0) is 18.9 Å². The van der Waals surface area contributed by atoms with Crippen LogP contribution in [0.1, 0.15) is 43.5 Å². The lowest BCUT2D eigenvalue weighted by Gasteiger charge is -2.23. The first-order valence-electron chi connectivity index (χ1n) is 6.97. The minimum absolute atomic E-state index is 0.0712. The van der Waals surface area contributed by atoms with Crippen LogP contribution in [-0.4, -0.2) is 25.1 Å². The molecule has 0 heterocycles. The Morgan fingerprint density at radius 1 is 1.27 bits per heavy atom. The summed E-state index contributed by atoms with van der Waals surface area (Å²) < 4.78 is 11.3. The highest BCUT2D eigenvalue weighted by atomic mass is 32.2. The molecule has 0 aliphatic heterocycles. The molecular weight excluding hydrogens is 329 g/mol. The smallest absolute Gasteiger partial charge is 0.358 e. The highest BCUT2D eigenvalue weighted by Crippen LogP contribution is 2.53. The zero-order chi connectivity index (χ0) is 16.3. The summed E-state index contributed by atoms with van der Waals surface area (Å²) in [5, 5.41) is 21.0. The van der Waals surface area contributed by atoms with Crippen molar-refractivity contribution in [3.63, 3.8) is 0 Å². The van der Waals surface area contributed by atoms with Crippen LogP contribution in [0, 0.1) is 10.1 Å². The summed E-state index contributed by atoms with van der Waals surface area (Å²) >= 11 is 1.43. The number of aliphatic hydroxyl groups is 1. The number of nitro groups is 1. The van der Waals surface area contributed by atoms with E-state index in [4.69, 9.17) is 0 Å². The highest BCUT2D eigenvalue weighted by Gasteiger charge is 2.32. The molecule has 1 fully saturated rings. The van der Waals surface area contributed by atoms with Crippen molar-refractivity contribution in [2.75, 3.05) is 0 Å². The Kier molecular flexibility index (Phi) is 5.63. The summed E-state index contributed by atoms with van der Waals surface area (Å²) in [7, 11) is -4.79. The van der Waals surface area contributed by atoms with E-state index in [9.17, 15) is 29.6 Å². The molecule has 22 heavy (non-hydrogen) atoms. The monoisotopic (exact) mass is 347 g/mol. The number of thioether (sulfide) groups is 1. The zero-order valence-electron chi connectivity index (χ0n) is 11.8. The van der Waals surface area contributed by atoms with E-state index in [1.54, 1.807) is 0 Å². The fourth-order valence-corrected chi connectivity index (χ4v) is 4.55. The quantitative estimate of drug-likeness (QED) is 0.425. The van der Waals surface area contributed by atoms with Crippen LogP contribution in [0.15, 0.2) is 23.1 Å². The van der Waals surface area contributed by atoms with Gasteiger partial charge in [-0.3, -0.25) is 14.7 Å². The number of nitrogens with zero attached hydrogens (tertiary/aromatic N) is 1. The maximum Gasteiger partial charge on any atom is 0.358 e. The maximum absolute atomic E-state index is 11.3. The third-order valence-corrected chi connectivity index (χ3v) is 5.99. The van der Waals surface area contributed by atoms with E-state index in [-0.39, 0.29) is 11.3 Å². The predicted octanol–water partition coefficient (Wildman–Crippen LogP) is 3.19. The normalized spacial score (nSPS) is 18.1. The van der Waals surface area contributed by atoms with Gasteiger partial charge in [-0.15, -0.1) is 11.8 Å². The molecule has 0 radical (unpaired) electrons. The van der Waals surface area contributed by atoms with Crippen molar-refractivity contribution < 1.29 is 24.4 Å². The predicted molar refractivity (Wildman–Crippen MR) is 82.8 cm³/mol. The van der Waals surface area contributed by atoms with E-state index in [1.807, 2.05) is 0 Å². The van der Waals surface area contributed by atoms with Gasteiger partial charge in [0.25, 0.3) is 5.69 Å². The van der Waals surface area contributed by atoms with Crippen molar-refractivity contribution in [1.82, 2.24) is 0 Å². The third kappa shape index (κ3) is 4.30. The van der Waals surface area contributed by atoms with Crippen LogP contribution in [-0.2, 0) is 4.57 Å². The minimum atomic E-state index is -4.79. The van der Waals surface area contributed by atoms with Gasteiger partial charge in [-0.25, -0.2) is 0 Å². The van der Waals surface area contributed by atoms with Gasteiger partial charge in [-0.1, -0.05) is 19.3 Å². The lowest BCUT2D eigenvalue weighted by Crippen LogP contribution is -2.09. The van der Waals surface area contributed by atoms with Gasteiger partial charge in [0.05, 0.1) is 4.92 Å². The largest absolute Gasteiger partial charge is 0.376 e. The van der Waals surface area contributed by atoms with Gasteiger partial charge in [-0.2, -0.15) is 0 Å². The molecule has 0 saturated heterocycles. The van der Waals surface area contributed by atoms with Gasteiger partial charge >= 0.3 is 7.60 Å². The molecule has 0 bridgehead atoms. The van der Waals surface area contributed by atoms with E-state index >= 15 is 0 Å². The Labute approximate surface area is 132 Å². The number of benzene rings is 1. The molecule has 1 aromatic carbocycles. The summed E-state index contributed by atoms with van der Waals surface area (Å²) in [6.45, 7) is 0. The molecule has 1 aliphatic carbocycles. The second-order valence-electron chi connectivity index (χ2n) is 5.32. The topological polar surface area (TPSA) is 121 Å². The average Bonchev–Trinajstić information content (AvgIpc) is 2.47. The number of hydrogen-bond donors (Lipinski definition) is 3. The molecule has 0 amide bonds. The molecule has 7 nitrogen and oxygen atoms in total. The number of non-ortho nitro benzene ring substituents is 1. The van der Waals surface area contributed by atoms with E-state index in [0.29, 0.717) is 10.1 Å². The minimum Gasteiger partial charge on any atom is -0.376 e. The fourth-order valence-electron chi connectivity index (χ4n) is 2.50. The molecule has 0 aromatic heterocycles. The van der Waals surface area contributed by atoms with Crippen molar-refractivity contribution in [2.24, 2.45) is 0 Å². The summed E-state index contributed by atoms with van der Waals surface area (Å²) in [6.07, 6.45) is 5.36. The van der Waals surface area contributed by atoms with Gasteiger partial charge in [0.15, 0.2) is 5.85 Å². The SMILES string of the molecule is O=[N+]([O-])c1ccc(SC2CCCCC2)c(C(O)P(=O)(O)O)c1. The van der Waals surface area contributed by atoms with Gasteiger partial charge in [0.2, 0.25) is 0 Å². The standard InChI is InChI=1S/C13H18NO6PS/c15-13(21(18,19)20)11-8-9(14(16)17)6-7-12(11)22-10-4-2-1-3-5-10/h6-8,10,13,15H,1-5H2,(H2,18,19,20). The molecule has 1 unspecified atom stereocenters. The number of rotatable bonds is 5. The lowest BCUT2D eigenvalue weighted by molar-refractivity contribution is -0.385. The molecule has 1 aromatic rings. The molecule has 1 saturated carbocycles. The van der Waals surface area contributed by atoms with Gasteiger partial charge < -0.3 is 14.9 Å². The van der Waals surface area contributed by atoms with Crippen molar-refractivity contribution in [2.45, 2.75) is 48.1 Å². The highest BCUT2D eigenvalue weighted by molar-refractivity contribution is 8.00. The Morgan fingerprint density at radius 3 is 2.45 bits per heavy atom. The molecule has 3 N–H and O–H groups in total. The Bertz CT molecular complexity index is 598. The van der Waals surface area contributed by atoms with Crippen LogP contribution in [0.2, 0.25) is 0 Å². The van der Waals surface area contributed by atoms with Crippen molar-refractivity contribution in [3.05, 3.63) is 33.9 Å². The summed E-state index contributed by atoms with van der Waals surface area (Å²) in [6, 6.07) is 3.81. The first-order chi connectivity index (χ1) is 10.3. The van der Waals surface area contributed by atoms with E-state index in [2.05, 4.69) is 0 Å². The molecular formula is C13H18NO6PS. The van der Waals surface area contributed by atoms with Crippen LogP contribution in [0.25, 0.3) is 0 Å². The molecule has 1 aliphatic rings. The molecule has 2 rings (SSSR count). The van der Waals surface area contributed by atoms with Crippen LogP contribution in [0.4, 0.5) is 5.69 Å². The van der Waals surface area contributed by atoms with Gasteiger partial charge in [0.1, 0.15) is 0 Å². The van der Waals surface area contributed by atoms with Crippen LogP contribution in [0.5, 0.6) is 0 Å². The summed E-state index contributed by atoms with van der Waals surface area (Å²) in [5.41, 5.74) is -0.367. The summed E-state index contributed by atoms with van der Waals surface area (Å²) in [5.74, 6) is -2.04.